The van der Waals surface area contributed by atoms with E-state index in [0.29, 0.717) is 10.6 Å². The largest absolute Gasteiger partial charge is 0.473 e. The Morgan fingerprint density at radius 1 is 1.06 bits per heavy atom. The third-order valence-corrected chi connectivity index (χ3v) is 5.51. The molecule has 9 heteroatoms. The van der Waals surface area contributed by atoms with Gasteiger partial charge in [0.1, 0.15) is 5.58 Å². The number of aryl methyl sites for hydroxylation is 1. The molecular weight excluding hydrogens is 483 g/mol. The Labute approximate surface area is 203 Å². The molecule has 0 aliphatic carbocycles. The number of carbonyl (C=O) groups excluding carboxylic acids is 1. The van der Waals surface area contributed by atoms with Gasteiger partial charge in [-0.15, -0.1) is 0 Å². The average molecular weight is 502 g/mol. The zero-order chi connectivity index (χ0) is 25.3. The van der Waals surface area contributed by atoms with Crippen LogP contribution in [-0.4, -0.2) is 12.0 Å². The molecule has 4 aromatic rings. The van der Waals surface area contributed by atoms with Crippen LogP contribution in [0.5, 0.6) is 5.75 Å². The number of carbonyl (C=O) groups is 1. The summed E-state index contributed by atoms with van der Waals surface area (Å²) in [6, 6.07) is 16.2. The summed E-state index contributed by atoms with van der Waals surface area (Å²) in [5.41, 5.74) is -0.229. The van der Waals surface area contributed by atoms with E-state index in [9.17, 15) is 22.8 Å². The van der Waals surface area contributed by atoms with Gasteiger partial charge in [-0.2, -0.15) is 13.2 Å². The Morgan fingerprint density at radius 2 is 1.74 bits per heavy atom. The van der Waals surface area contributed by atoms with Crippen LogP contribution in [0, 0.1) is 6.92 Å². The molecule has 1 aromatic heterocycles. The second kappa shape index (κ2) is 9.46. The number of anilines is 1. The molecule has 0 fully saturated rings. The minimum Gasteiger partial charge on any atom is -0.473 e. The van der Waals surface area contributed by atoms with E-state index in [1.54, 1.807) is 24.3 Å². The number of hydrogen-bond acceptors (Lipinski definition) is 4. The molecule has 1 N–H and O–H groups in total. The van der Waals surface area contributed by atoms with Crippen LogP contribution in [0.15, 0.2) is 75.9 Å². The van der Waals surface area contributed by atoms with Gasteiger partial charge in [0, 0.05) is 10.6 Å². The summed E-state index contributed by atoms with van der Waals surface area (Å²) in [7, 11) is 0. The van der Waals surface area contributed by atoms with Crippen molar-refractivity contribution in [2.45, 2.75) is 26.1 Å². The fourth-order valence-corrected chi connectivity index (χ4v) is 3.63. The molecule has 1 heterocycles. The number of para-hydroxylation sites is 1. The Balaban J connectivity index is 1.73. The fraction of sp³-hybridized carbons (Fsp3) is 0.154. The number of rotatable bonds is 5. The summed E-state index contributed by atoms with van der Waals surface area (Å²) >= 11 is 6.04. The number of hydrogen-bond donors (Lipinski definition) is 1. The summed E-state index contributed by atoms with van der Waals surface area (Å²) in [6.45, 7) is 3.22. The van der Waals surface area contributed by atoms with Crippen molar-refractivity contribution in [2.24, 2.45) is 0 Å². The number of halogens is 4. The van der Waals surface area contributed by atoms with E-state index < -0.39 is 34.9 Å². The SMILES string of the molecule is Cc1ccc(-c2oc3ccc(Cl)cc3c(=O)c2OC(C)C(=O)Nc2ccccc2C(F)(F)F)cc1. The van der Waals surface area contributed by atoms with E-state index in [1.165, 1.54) is 25.1 Å². The maximum absolute atomic E-state index is 13.3. The minimum absolute atomic E-state index is 0.0835. The van der Waals surface area contributed by atoms with Gasteiger partial charge in [0.05, 0.1) is 16.6 Å². The van der Waals surface area contributed by atoms with E-state index in [4.69, 9.17) is 20.8 Å². The molecule has 0 aliphatic heterocycles. The lowest BCUT2D eigenvalue weighted by Gasteiger charge is -2.18. The molecule has 1 amide bonds. The molecule has 0 aliphatic rings. The van der Waals surface area contributed by atoms with E-state index in [-0.39, 0.29) is 22.5 Å². The van der Waals surface area contributed by atoms with Gasteiger partial charge in [-0.25, -0.2) is 0 Å². The molecule has 1 unspecified atom stereocenters. The molecule has 0 saturated heterocycles. The highest BCUT2D eigenvalue weighted by atomic mass is 35.5. The summed E-state index contributed by atoms with van der Waals surface area (Å²) in [4.78, 5) is 26.1. The molecule has 3 aromatic carbocycles. The van der Waals surface area contributed by atoms with Gasteiger partial charge in [0.15, 0.2) is 11.9 Å². The Hall–Kier alpha value is -3.78. The molecule has 180 valence electrons. The third kappa shape index (κ3) is 5.17. The van der Waals surface area contributed by atoms with E-state index in [0.717, 1.165) is 17.7 Å². The monoisotopic (exact) mass is 501 g/mol. The molecule has 0 bridgehead atoms. The molecule has 1 atom stereocenters. The van der Waals surface area contributed by atoms with Crippen LogP contribution in [0.25, 0.3) is 22.3 Å². The standard InChI is InChI=1S/C26H19ClF3NO4/c1-14-7-9-16(10-8-14)23-24(22(32)18-13-17(27)11-12-21(18)35-23)34-15(2)25(33)31-20-6-4-3-5-19(20)26(28,29)30/h3-13,15H,1-2H3,(H,31,33). The van der Waals surface area contributed by atoms with E-state index in [2.05, 4.69) is 5.32 Å². The zero-order valence-electron chi connectivity index (χ0n) is 18.6. The van der Waals surface area contributed by atoms with Crippen LogP contribution >= 0.6 is 11.6 Å². The first-order valence-corrected chi connectivity index (χ1v) is 10.9. The van der Waals surface area contributed by atoms with Crippen molar-refractivity contribution in [3.05, 3.63) is 93.1 Å². The first kappa shape index (κ1) is 24.3. The van der Waals surface area contributed by atoms with Crippen LogP contribution in [0.2, 0.25) is 5.02 Å². The number of benzene rings is 3. The number of amides is 1. The smallest absolute Gasteiger partial charge is 0.418 e. The first-order valence-electron chi connectivity index (χ1n) is 10.5. The molecule has 35 heavy (non-hydrogen) atoms. The van der Waals surface area contributed by atoms with Crippen molar-refractivity contribution in [3.8, 4) is 17.1 Å². The second-order valence-corrected chi connectivity index (χ2v) is 8.33. The highest BCUT2D eigenvalue weighted by Gasteiger charge is 2.34. The average Bonchev–Trinajstić information content (AvgIpc) is 2.81. The van der Waals surface area contributed by atoms with Crippen LogP contribution in [0.4, 0.5) is 18.9 Å². The second-order valence-electron chi connectivity index (χ2n) is 7.89. The van der Waals surface area contributed by atoms with Gasteiger partial charge >= 0.3 is 6.18 Å². The quantitative estimate of drug-likeness (QED) is 0.325. The zero-order valence-corrected chi connectivity index (χ0v) is 19.3. The normalized spacial score (nSPS) is 12.4. The van der Waals surface area contributed by atoms with E-state index >= 15 is 0 Å². The lowest BCUT2D eigenvalue weighted by atomic mass is 10.1. The first-order chi connectivity index (χ1) is 16.5. The molecule has 5 nitrogen and oxygen atoms in total. The van der Waals surface area contributed by atoms with Crippen molar-refractivity contribution in [2.75, 3.05) is 5.32 Å². The van der Waals surface area contributed by atoms with Crippen LogP contribution in [0.3, 0.4) is 0 Å². The van der Waals surface area contributed by atoms with Gasteiger partial charge < -0.3 is 14.5 Å². The highest BCUT2D eigenvalue weighted by molar-refractivity contribution is 6.31. The van der Waals surface area contributed by atoms with Gasteiger partial charge in [-0.05, 0) is 44.2 Å². The molecule has 0 spiro atoms. The van der Waals surface area contributed by atoms with Gasteiger partial charge in [0.25, 0.3) is 5.91 Å². The lowest BCUT2D eigenvalue weighted by Crippen LogP contribution is -2.32. The maximum atomic E-state index is 13.3. The topological polar surface area (TPSA) is 68.5 Å². The summed E-state index contributed by atoms with van der Waals surface area (Å²) in [5, 5.41) is 2.67. The van der Waals surface area contributed by atoms with Gasteiger partial charge in [-0.3, -0.25) is 9.59 Å². The molecule has 0 radical (unpaired) electrons. The number of nitrogens with one attached hydrogen (secondary N) is 1. The van der Waals surface area contributed by atoms with Gasteiger partial charge in [0.2, 0.25) is 11.2 Å². The summed E-state index contributed by atoms with van der Waals surface area (Å²) in [5.74, 6) is -1.04. The molecule has 0 saturated carbocycles. The van der Waals surface area contributed by atoms with E-state index in [1.807, 2.05) is 19.1 Å². The van der Waals surface area contributed by atoms with Crippen molar-refractivity contribution >= 4 is 34.2 Å². The molecule has 4 rings (SSSR count). The predicted octanol–water partition coefficient (Wildman–Crippen LogP) is 6.85. The summed E-state index contributed by atoms with van der Waals surface area (Å²) < 4.78 is 51.6. The number of fused-ring (bicyclic) bond motifs is 1. The van der Waals surface area contributed by atoms with Crippen LogP contribution in [-0.2, 0) is 11.0 Å². The fourth-order valence-electron chi connectivity index (χ4n) is 3.46. The Bertz CT molecular complexity index is 1460. The predicted molar refractivity (Wildman–Crippen MR) is 128 cm³/mol. The third-order valence-electron chi connectivity index (χ3n) is 5.28. The van der Waals surface area contributed by atoms with Crippen LogP contribution < -0.4 is 15.5 Å². The van der Waals surface area contributed by atoms with Gasteiger partial charge in [-0.1, -0.05) is 53.6 Å². The Kier molecular flexibility index (Phi) is 6.58. The molecular formula is C26H19ClF3NO4. The highest BCUT2D eigenvalue weighted by Crippen LogP contribution is 2.35. The van der Waals surface area contributed by atoms with Crippen molar-refractivity contribution in [3.63, 3.8) is 0 Å². The lowest BCUT2D eigenvalue weighted by molar-refractivity contribution is -0.137. The van der Waals surface area contributed by atoms with Crippen LogP contribution in [0.1, 0.15) is 18.1 Å². The van der Waals surface area contributed by atoms with Crippen molar-refractivity contribution in [1.82, 2.24) is 0 Å². The number of ether oxygens (including phenoxy) is 1. The number of alkyl halides is 3. The maximum Gasteiger partial charge on any atom is 0.418 e. The Morgan fingerprint density at radius 3 is 2.43 bits per heavy atom. The van der Waals surface area contributed by atoms with Crippen molar-refractivity contribution in [1.29, 1.82) is 0 Å². The van der Waals surface area contributed by atoms with Crippen molar-refractivity contribution < 1.29 is 27.1 Å². The summed E-state index contributed by atoms with van der Waals surface area (Å²) in [6.07, 6.45) is -5.99. The minimum atomic E-state index is -4.66.